The molecule has 1 amide bonds. The van der Waals surface area contributed by atoms with E-state index in [0.29, 0.717) is 18.8 Å². The number of aliphatic hydroxyl groups is 1. The highest BCUT2D eigenvalue weighted by atomic mass is 19.1. The minimum Gasteiger partial charge on any atom is -0.448 e. The summed E-state index contributed by atoms with van der Waals surface area (Å²) in [4.78, 5) is 15.1. The fourth-order valence-electron chi connectivity index (χ4n) is 6.30. The quantitative estimate of drug-likeness (QED) is 0.560. The Hall–Kier alpha value is -3.73. The lowest BCUT2D eigenvalue weighted by Crippen LogP contribution is -2.64. The lowest BCUT2D eigenvalue weighted by molar-refractivity contribution is -0.132. The summed E-state index contributed by atoms with van der Waals surface area (Å²) in [7, 11) is 0. The first kappa shape index (κ1) is 23.7. The predicted octanol–water partition coefficient (Wildman–Crippen LogP) is 4.78. The van der Waals surface area contributed by atoms with Crippen molar-refractivity contribution >= 4 is 6.09 Å². The van der Waals surface area contributed by atoms with Crippen LogP contribution in [0.5, 0.6) is 0 Å². The topological polar surface area (TPSA) is 82.8 Å². The van der Waals surface area contributed by atoms with Gasteiger partial charge in [0.05, 0.1) is 42.5 Å². The number of carbonyl (C=O) groups is 1. The summed E-state index contributed by atoms with van der Waals surface area (Å²) in [6.07, 6.45) is 0.211. The summed E-state index contributed by atoms with van der Waals surface area (Å²) in [6.45, 7) is 0.808. The van der Waals surface area contributed by atoms with Crippen LogP contribution in [0.2, 0.25) is 0 Å². The van der Waals surface area contributed by atoms with Gasteiger partial charge in [0.15, 0.2) is 0 Å². The van der Waals surface area contributed by atoms with Gasteiger partial charge in [0.25, 0.3) is 0 Å². The third-order valence-corrected chi connectivity index (χ3v) is 7.89. The highest BCUT2D eigenvalue weighted by molar-refractivity contribution is 5.79. The van der Waals surface area contributed by atoms with Crippen LogP contribution < -0.4 is 0 Å². The van der Waals surface area contributed by atoms with E-state index in [1.807, 2.05) is 30.3 Å². The predicted molar refractivity (Wildman–Crippen MR) is 134 cm³/mol. The van der Waals surface area contributed by atoms with Crippen LogP contribution in [-0.4, -0.2) is 53.6 Å². The van der Waals surface area contributed by atoms with E-state index in [0.717, 1.165) is 11.1 Å². The van der Waals surface area contributed by atoms with Gasteiger partial charge in [-0.2, -0.15) is 5.26 Å². The normalized spacial score (nSPS) is 24.2. The molecule has 2 aliphatic heterocycles. The maximum Gasteiger partial charge on any atom is 0.410 e. The number of piperidine rings is 1. The molecule has 3 aromatic carbocycles. The van der Waals surface area contributed by atoms with E-state index >= 15 is 0 Å². The highest BCUT2D eigenvalue weighted by Gasteiger charge is 2.49. The second-order valence-corrected chi connectivity index (χ2v) is 10.3. The summed E-state index contributed by atoms with van der Waals surface area (Å²) >= 11 is 0. The molecule has 188 valence electrons. The van der Waals surface area contributed by atoms with Crippen LogP contribution in [0, 0.1) is 17.1 Å². The van der Waals surface area contributed by atoms with E-state index in [4.69, 9.17) is 14.7 Å². The molecule has 1 aliphatic carbocycles. The van der Waals surface area contributed by atoms with Gasteiger partial charge in [-0.1, -0.05) is 54.6 Å². The number of carbonyl (C=O) groups excluding carboxylic acids is 1. The number of rotatable bonds is 4. The van der Waals surface area contributed by atoms with Gasteiger partial charge in [0.1, 0.15) is 12.4 Å². The van der Waals surface area contributed by atoms with E-state index in [9.17, 15) is 14.3 Å². The van der Waals surface area contributed by atoms with Crippen molar-refractivity contribution in [3.63, 3.8) is 0 Å². The number of ether oxygens (including phenoxy) is 2. The third kappa shape index (κ3) is 4.26. The van der Waals surface area contributed by atoms with Gasteiger partial charge in [-0.15, -0.1) is 0 Å². The Kier molecular flexibility index (Phi) is 5.94. The molecule has 3 aliphatic rings. The largest absolute Gasteiger partial charge is 0.448 e. The lowest BCUT2D eigenvalue weighted by Gasteiger charge is -2.51. The number of nitrogens with zero attached hydrogens (tertiary/aromatic N) is 2. The van der Waals surface area contributed by atoms with Gasteiger partial charge in [0, 0.05) is 12.3 Å². The van der Waals surface area contributed by atoms with Crippen LogP contribution in [0.4, 0.5) is 9.18 Å². The SMILES string of the molecule is N#Cc1ccc(CC2(O)CC3COCC(C2)N3C(=O)OCC2c3ccccc3-c3ccccc32)c(F)c1. The van der Waals surface area contributed by atoms with Gasteiger partial charge in [0.2, 0.25) is 0 Å². The molecule has 3 aromatic rings. The second kappa shape index (κ2) is 9.29. The van der Waals surface area contributed by atoms with Crippen molar-refractivity contribution in [3.05, 3.63) is 94.8 Å². The Bertz CT molecular complexity index is 1340. The standard InChI is InChI=1S/C30H27FN2O4/c31-28-11-19(15-32)9-10-20(28)12-30(35)13-21-16-36-17-22(14-30)33(21)29(34)37-18-27-25-7-3-1-5-23(25)24-6-2-4-8-26(24)27/h1-11,21-22,27,35H,12-14,16-18H2. The molecule has 2 unspecified atom stereocenters. The van der Waals surface area contributed by atoms with Crippen LogP contribution in [0.3, 0.4) is 0 Å². The maximum atomic E-state index is 14.5. The summed E-state index contributed by atoms with van der Waals surface area (Å²) in [5.74, 6) is -0.540. The number of fused-ring (bicyclic) bond motifs is 5. The molecule has 0 radical (unpaired) electrons. The Morgan fingerprint density at radius 1 is 1.05 bits per heavy atom. The number of morpholine rings is 1. The van der Waals surface area contributed by atoms with Crippen LogP contribution in [0.1, 0.15) is 41.0 Å². The van der Waals surface area contributed by atoms with Gasteiger partial charge in [-0.3, -0.25) is 4.90 Å². The molecule has 1 N–H and O–H groups in total. The number of benzene rings is 3. The van der Waals surface area contributed by atoms with E-state index in [1.165, 1.54) is 17.2 Å². The monoisotopic (exact) mass is 498 g/mol. The Morgan fingerprint density at radius 2 is 1.68 bits per heavy atom. The van der Waals surface area contributed by atoms with Gasteiger partial charge < -0.3 is 14.6 Å². The molecule has 0 saturated carbocycles. The molecular weight excluding hydrogens is 471 g/mol. The fourth-order valence-corrected chi connectivity index (χ4v) is 6.30. The number of amides is 1. The van der Waals surface area contributed by atoms with Crippen LogP contribution in [0.15, 0.2) is 66.7 Å². The minimum absolute atomic E-state index is 0.0338. The number of halogens is 1. The number of hydrogen-bond acceptors (Lipinski definition) is 5. The average molecular weight is 499 g/mol. The summed E-state index contributed by atoms with van der Waals surface area (Å²) in [5, 5.41) is 20.4. The van der Waals surface area contributed by atoms with Crippen molar-refractivity contribution in [1.29, 1.82) is 5.26 Å². The molecule has 37 heavy (non-hydrogen) atoms. The maximum absolute atomic E-state index is 14.5. The van der Waals surface area contributed by atoms with Crippen molar-refractivity contribution in [2.75, 3.05) is 19.8 Å². The summed E-state index contributed by atoms with van der Waals surface area (Å²) in [5.41, 5.74) is 4.05. The van der Waals surface area contributed by atoms with Gasteiger partial charge >= 0.3 is 6.09 Å². The van der Waals surface area contributed by atoms with E-state index < -0.39 is 17.5 Å². The van der Waals surface area contributed by atoms with Crippen molar-refractivity contribution in [2.45, 2.75) is 42.9 Å². The lowest BCUT2D eigenvalue weighted by atomic mass is 9.77. The molecule has 2 bridgehead atoms. The van der Waals surface area contributed by atoms with Crippen molar-refractivity contribution < 1.29 is 23.8 Å². The molecule has 2 atom stereocenters. The second-order valence-electron chi connectivity index (χ2n) is 10.3. The van der Waals surface area contributed by atoms with Crippen LogP contribution in [0.25, 0.3) is 11.1 Å². The van der Waals surface area contributed by atoms with E-state index in [2.05, 4.69) is 24.3 Å². The number of nitriles is 1. The molecule has 0 aromatic heterocycles. The minimum atomic E-state index is -1.19. The smallest absolute Gasteiger partial charge is 0.410 e. The summed E-state index contributed by atoms with van der Waals surface area (Å²) < 4.78 is 26.2. The Morgan fingerprint density at radius 3 is 2.27 bits per heavy atom. The zero-order valence-electron chi connectivity index (χ0n) is 20.3. The summed E-state index contributed by atoms with van der Waals surface area (Å²) in [6, 6.07) is 21.9. The first-order chi connectivity index (χ1) is 18.0. The number of hydrogen-bond donors (Lipinski definition) is 1. The molecule has 0 spiro atoms. The van der Waals surface area contributed by atoms with E-state index in [1.54, 1.807) is 17.0 Å². The Balaban J connectivity index is 1.17. The molecular formula is C30H27FN2O4. The zero-order valence-corrected chi connectivity index (χ0v) is 20.3. The zero-order chi connectivity index (χ0) is 25.6. The molecule has 7 heteroatoms. The van der Waals surface area contributed by atoms with E-state index in [-0.39, 0.29) is 49.4 Å². The molecule has 6 nitrogen and oxygen atoms in total. The fraction of sp³-hybridized carbons (Fsp3) is 0.333. The highest BCUT2D eigenvalue weighted by Crippen LogP contribution is 2.45. The van der Waals surface area contributed by atoms with Crippen molar-refractivity contribution in [2.24, 2.45) is 0 Å². The molecule has 2 saturated heterocycles. The van der Waals surface area contributed by atoms with Gasteiger partial charge in [-0.25, -0.2) is 9.18 Å². The Labute approximate surface area is 214 Å². The average Bonchev–Trinajstić information content (AvgIpc) is 3.21. The van der Waals surface area contributed by atoms with Gasteiger partial charge in [-0.05, 0) is 52.8 Å². The van der Waals surface area contributed by atoms with Crippen molar-refractivity contribution in [3.8, 4) is 17.2 Å². The van der Waals surface area contributed by atoms with Crippen molar-refractivity contribution in [1.82, 2.24) is 4.90 Å². The first-order valence-electron chi connectivity index (χ1n) is 12.6. The van der Waals surface area contributed by atoms with Crippen LogP contribution >= 0.6 is 0 Å². The third-order valence-electron chi connectivity index (χ3n) is 7.89. The molecule has 2 heterocycles. The molecule has 2 fully saturated rings. The van der Waals surface area contributed by atoms with Crippen LogP contribution in [-0.2, 0) is 15.9 Å². The first-order valence-corrected chi connectivity index (χ1v) is 12.6. The molecule has 6 rings (SSSR count).